The zero-order chi connectivity index (χ0) is 14.4. The molecule has 2 unspecified atom stereocenters. The van der Waals surface area contributed by atoms with Gasteiger partial charge < -0.3 is 20.1 Å². The van der Waals surface area contributed by atoms with Crippen LogP contribution in [0.1, 0.15) is 39.0 Å². The number of rotatable bonds is 6. The van der Waals surface area contributed by atoms with Crippen molar-refractivity contribution in [2.45, 2.75) is 51.2 Å². The van der Waals surface area contributed by atoms with Crippen LogP contribution < -0.4 is 5.73 Å². The minimum atomic E-state index is 0.167. The SMILES string of the molecule is CCOCCOC1CCN(C(=O)C2CCC(N)C2)CC1. The van der Waals surface area contributed by atoms with E-state index in [0.717, 1.165) is 51.8 Å². The second-order valence-electron chi connectivity index (χ2n) is 5.86. The van der Waals surface area contributed by atoms with Gasteiger partial charge in [-0.25, -0.2) is 0 Å². The normalized spacial score (nSPS) is 28.0. The Morgan fingerprint density at radius 1 is 1.20 bits per heavy atom. The molecule has 2 N–H and O–H groups in total. The molecule has 0 bridgehead atoms. The number of nitrogens with zero attached hydrogens (tertiary/aromatic N) is 1. The van der Waals surface area contributed by atoms with Gasteiger partial charge in [0.1, 0.15) is 0 Å². The maximum Gasteiger partial charge on any atom is 0.225 e. The van der Waals surface area contributed by atoms with Crippen LogP contribution in [0.5, 0.6) is 0 Å². The molecule has 0 aromatic heterocycles. The van der Waals surface area contributed by atoms with E-state index in [1.54, 1.807) is 0 Å². The van der Waals surface area contributed by atoms with Gasteiger partial charge in [0.25, 0.3) is 0 Å². The van der Waals surface area contributed by atoms with Crippen molar-refractivity contribution in [2.75, 3.05) is 32.9 Å². The lowest BCUT2D eigenvalue weighted by Crippen LogP contribution is -2.43. The van der Waals surface area contributed by atoms with Crippen LogP contribution in [0, 0.1) is 5.92 Å². The fourth-order valence-corrected chi connectivity index (χ4v) is 3.16. The highest BCUT2D eigenvalue weighted by molar-refractivity contribution is 5.79. The molecule has 2 aliphatic rings. The van der Waals surface area contributed by atoms with Gasteiger partial charge in [0.05, 0.1) is 19.3 Å². The standard InChI is InChI=1S/C15H28N2O3/c1-2-19-9-10-20-14-5-7-17(8-6-14)15(18)12-3-4-13(16)11-12/h12-14H,2-11,16H2,1H3. The third kappa shape index (κ3) is 4.43. The van der Waals surface area contributed by atoms with Crippen molar-refractivity contribution in [3.63, 3.8) is 0 Å². The summed E-state index contributed by atoms with van der Waals surface area (Å²) in [5.74, 6) is 0.478. The summed E-state index contributed by atoms with van der Waals surface area (Å²) < 4.78 is 11.0. The highest BCUT2D eigenvalue weighted by atomic mass is 16.5. The Morgan fingerprint density at radius 2 is 1.95 bits per heavy atom. The summed E-state index contributed by atoms with van der Waals surface area (Å²) in [6, 6.07) is 0.225. The van der Waals surface area contributed by atoms with Crippen LogP contribution in [-0.2, 0) is 14.3 Å². The number of ether oxygens (including phenoxy) is 2. The van der Waals surface area contributed by atoms with E-state index in [9.17, 15) is 4.79 Å². The quantitative estimate of drug-likeness (QED) is 0.743. The van der Waals surface area contributed by atoms with Gasteiger partial charge in [0.2, 0.25) is 5.91 Å². The van der Waals surface area contributed by atoms with Crippen molar-refractivity contribution in [2.24, 2.45) is 11.7 Å². The van der Waals surface area contributed by atoms with E-state index in [1.807, 2.05) is 11.8 Å². The van der Waals surface area contributed by atoms with Crippen molar-refractivity contribution in [3.8, 4) is 0 Å². The molecule has 5 nitrogen and oxygen atoms in total. The Bertz CT molecular complexity index is 303. The van der Waals surface area contributed by atoms with E-state index in [-0.39, 0.29) is 18.1 Å². The summed E-state index contributed by atoms with van der Waals surface area (Å²) in [4.78, 5) is 14.4. The Morgan fingerprint density at radius 3 is 2.55 bits per heavy atom. The van der Waals surface area contributed by atoms with Crippen LogP contribution in [0.25, 0.3) is 0 Å². The van der Waals surface area contributed by atoms with Crippen LogP contribution in [0.4, 0.5) is 0 Å². The molecule has 0 spiro atoms. The molecule has 1 aliphatic heterocycles. The predicted octanol–water partition coefficient (Wildman–Crippen LogP) is 1.16. The van der Waals surface area contributed by atoms with Gasteiger partial charge in [0.15, 0.2) is 0 Å². The lowest BCUT2D eigenvalue weighted by Gasteiger charge is -2.33. The number of hydrogen-bond acceptors (Lipinski definition) is 4. The Balaban J connectivity index is 1.64. The second kappa shape index (κ2) is 7.96. The van der Waals surface area contributed by atoms with Crippen molar-refractivity contribution < 1.29 is 14.3 Å². The average Bonchev–Trinajstić information content (AvgIpc) is 2.90. The minimum Gasteiger partial charge on any atom is -0.379 e. The van der Waals surface area contributed by atoms with Crippen LogP contribution in [0.3, 0.4) is 0 Å². The molecule has 2 atom stereocenters. The van der Waals surface area contributed by atoms with Crippen molar-refractivity contribution in [1.29, 1.82) is 0 Å². The second-order valence-corrected chi connectivity index (χ2v) is 5.86. The fraction of sp³-hybridized carbons (Fsp3) is 0.933. The van der Waals surface area contributed by atoms with Crippen LogP contribution in [0.15, 0.2) is 0 Å². The van der Waals surface area contributed by atoms with Gasteiger partial charge in [-0.2, -0.15) is 0 Å². The fourth-order valence-electron chi connectivity index (χ4n) is 3.16. The number of likely N-dealkylation sites (tertiary alicyclic amines) is 1. The number of carbonyl (C=O) groups excluding carboxylic acids is 1. The van der Waals surface area contributed by atoms with Gasteiger partial charge in [-0.3, -0.25) is 4.79 Å². The van der Waals surface area contributed by atoms with E-state index in [0.29, 0.717) is 19.1 Å². The van der Waals surface area contributed by atoms with Crippen LogP contribution in [-0.4, -0.2) is 55.9 Å². The molecule has 2 fully saturated rings. The summed E-state index contributed by atoms with van der Waals surface area (Å²) in [6.45, 7) is 5.69. The molecule has 1 amide bonds. The number of carbonyl (C=O) groups is 1. The van der Waals surface area contributed by atoms with Crippen molar-refractivity contribution >= 4 is 5.91 Å². The minimum absolute atomic E-state index is 0.167. The van der Waals surface area contributed by atoms with E-state index in [2.05, 4.69) is 0 Å². The summed E-state index contributed by atoms with van der Waals surface area (Å²) in [5.41, 5.74) is 5.89. The summed E-state index contributed by atoms with van der Waals surface area (Å²) in [6.07, 6.45) is 4.99. The highest BCUT2D eigenvalue weighted by Crippen LogP contribution is 2.27. The predicted molar refractivity (Wildman–Crippen MR) is 77.4 cm³/mol. The third-order valence-electron chi connectivity index (χ3n) is 4.36. The van der Waals surface area contributed by atoms with Gasteiger partial charge in [-0.05, 0) is 39.0 Å². The first-order valence-electron chi connectivity index (χ1n) is 7.94. The monoisotopic (exact) mass is 284 g/mol. The zero-order valence-corrected chi connectivity index (χ0v) is 12.6. The molecular formula is C15H28N2O3. The van der Waals surface area contributed by atoms with Crippen molar-refractivity contribution in [3.05, 3.63) is 0 Å². The topological polar surface area (TPSA) is 64.8 Å². The first-order chi connectivity index (χ1) is 9.70. The van der Waals surface area contributed by atoms with Crippen LogP contribution >= 0.6 is 0 Å². The molecule has 0 aromatic rings. The molecule has 0 aromatic carbocycles. The van der Waals surface area contributed by atoms with Gasteiger partial charge in [-0.1, -0.05) is 0 Å². The number of nitrogens with two attached hydrogens (primary N) is 1. The maximum absolute atomic E-state index is 12.4. The Labute approximate surface area is 121 Å². The van der Waals surface area contributed by atoms with E-state index < -0.39 is 0 Å². The van der Waals surface area contributed by atoms with Gasteiger partial charge in [-0.15, -0.1) is 0 Å². The summed E-state index contributed by atoms with van der Waals surface area (Å²) in [5, 5.41) is 0. The molecular weight excluding hydrogens is 256 g/mol. The smallest absolute Gasteiger partial charge is 0.225 e. The summed E-state index contributed by atoms with van der Waals surface area (Å²) >= 11 is 0. The number of amides is 1. The molecule has 1 aliphatic carbocycles. The maximum atomic E-state index is 12.4. The Kier molecular flexibility index (Phi) is 6.26. The molecule has 5 heteroatoms. The molecule has 1 saturated carbocycles. The third-order valence-corrected chi connectivity index (χ3v) is 4.36. The first kappa shape index (κ1) is 15.7. The number of piperidine rings is 1. The summed E-state index contributed by atoms with van der Waals surface area (Å²) in [7, 11) is 0. The Hall–Kier alpha value is -0.650. The molecule has 2 rings (SSSR count). The zero-order valence-electron chi connectivity index (χ0n) is 12.6. The molecule has 1 saturated heterocycles. The highest BCUT2D eigenvalue weighted by Gasteiger charge is 2.32. The van der Waals surface area contributed by atoms with Gasteiger partial charge >= 0.3 is 0 Å². The van der Waals surface area contributed by atoms with Gasteiger partial charge in [0, 0.05) is 31.7 Å². The van der Waals surface area contributed by atoms with E-state index in [4.69, 9.17) is 15.2 Å². The van der Waals surface area contributed by atoms with E-state index >= 15 is 0 Å². The largest absolute Gasteiger partial charge is 0.379 e. The lowest BCUT2D eigenvalue weighted by molar-refractivity contribution is -0.138. The first-order valence-corrected chi connectivity index (χ1v) is 7.94. The molecule has 20 heavy (non-hydrogen) atoms. The average molecular weight is 284 g/mol. The lowest BCUT2D eigenvalue weighted by atomic mass is 10.0. The van der Waals surface area contributed by atoms with E-state index in [1.165, 1.54) is 0 Å². The van der Waals surface area contributed by atoms with Crippen molar-refractivity contribution in [1.82, 2.24) is 4.90 Å². The molecule has 0 radical (unpaired) electrons. The molecule has 1 heterocycles. The van der Waals surface area contributed by atoms with Crippen LogP contribution in [0.2, 0.25) is 0 Å². The number of hydrogen-bond donors (Lipinski definition) is 1. The molecule has 116 valence electrons.